The molecule has 0 saturated carbocycles. The predicted octanol–water partition coefficient (Wildman–Crippen LogP) is 2.95. The minimum Gasteiger partial charge on any atom is -0.444 e. The molecule has 29 heavy (non-hydrogen) atoms. The summed E-state index contributed by atoms with van der Waals surface area (Å²) in [5, 5.41) is 6.38. The van der Waals surface area contributed by atoms with E-state index < -0.39 is 0 Å². The van der Waals surface area contributed by atoms with Gasteiger partial charge in [-0.1, -0.05) is 17.7 Å². The number of hydrogen-bond acceptors (Lipinski definition) is 4. The number of oxazole rings is 1. The van der Waals surface area contributed by atoms with Crippen LogP contribution in [0.3, 0.4) is 0 Å². The summed E-state index contributed by atoms with van der Waals surface area (Å²) in [5.74, 6) is 1.63. The van der Waals surface area contributed by atoms with Gasteiger partial charge in [-0.05, 0) is 31.9 Å². The third-order valence-corrected chi connectivity index (χ3v) is 5.65. The van der Waals surface area contributed by atoms with E-state index in [1.54, 1.807) is 13.3 Å². The van der Waals surface area contributed by atoms with Crippen molar-refractivity contribution in [1.29, 1.82) is 0 Å². The zero-order valence-corrected chi connectivity index (χ0v) is 19.2. The summed E-state index contributed by atoms with van der Waals surface area (Å²) in [6.07, 6.45) is 4.45. The third-order valence-electron chi connectivity index (χ3n) is 5.65. The van der Waals surface area contributed by atoms with Crippen molar-refractivity contribution in [2.45, 2.75) is 32.7 Å². The molecule has 7 nitrogen and oxygen atoms in total. The second-order valence-electron chi connectivity index (χ2n) is 7.89. The van der Waals surface area contributed by atoms with E-state index in [1.165, 1.54) is 5.56 Å². The Hall–Kier alpha value is -2.10. The van der Waals surface area contributed by atoms with Crippen LogP contribution in [0.15, 0.2) is 39.9 Å². The lowest BCUT2D eigenvalue weighted by atomic mass is 9.79. The normalized spacial score (nSPS) is 21.8. The SMILES string of the molecule is CN=C(NCc1coc(-c2ccc(C)cc2)n1)N1CCCC2(CNC(=O)C2)C1.I. The Labute approximate surface area is 188 Å². The molecular formula is C21H28IN5O2. The molecule has 0 aliphatic carbocycles. The molecule has 1 amide bonds. The highest BCUT2D eigenvalue weighted by molar-refractivity contribution is 14.0. The fourth-order valence-electron chi connectivity index (χ4n) is 4.15. The lowest BCUT2D eigenvalue weighted by molar-refractivity contribution is -0.119. The smallest absolute Gasteiger partial charge is 0.226 e. The molecular weight excluding hydrogens is 481 g/mol. The van der Waals surface area contributed by atoms with E-state index in [0.717, 1.165) is 49.7 Å². The van der Waals surface area contributed by atoms with E-state index in [4.69, 9.17) is 4.42 Å². The molecule has 1 unspecified atom stereocenters. The van der Waals surface area contributed by atoms with E-state index in [9.17, 15) is 4.79 Å². The summed E-state index contributed by atoms with van der Waals surface area (Å²) in [7, 11) is 1.79. The first-order valence-corrected chi connectivity index (χ1v) is 9.81. The molecule has 2 aliphatic rings. The van der Waals surface area contributed by atoms with Crippen molar-refractivity contribution in [3.8, 4) is 11.5 Å². The number of aryl methyl sites for hydroxylation is 1. The number of benzene rings is 1. The number of halogens is 1. The molecule has 1 aromatic heterocycles. The monoisotopic (exact) mass is 509 g/mol. The molecule has 0 bridgehead atoms. The van der Waals surface area contributed by atoms with Gasteiger partial charge in [-0.15, -0.1) is 24.0 Å². The van der Waals surface area contributed by atoms with E-state index in [2.05, 4.69) is 32.4 Å². The van der Waals surface area contributed by atoms with Gasteiger partial charge in [0, 0.05) is 44.1 Å². The number of rotatable bonds is 3. The number of nitrogens with one attached hydrogen (secondary N) is 2. The number of amides is 1. The van der Waals surface area contributed by atoms with Crippen molar-refractivity contribution in [3.05, 3.63) is 41.8 Å². The Bertz CT molecular complexity index is 879. The first-order chi connectivity index (χ1) is 13.6. The van der Waals surface area contributed by atoms with Crippen LogP contribution in [0, 0.1) is 12.3 Å². The summed E-state index contributed by atoms with van der Waals surface area (Å²) in [6, 6.07) is 8.13. The first-order valence-electron chi connectivity index (χ1n) is 9.81. The summed E-state index contributed by atoms with van der Waals surface area (Å²) in [4.78, 5) is 23.0. The van der Waals surface area contributed by atoms with Gasteiger partial charge >= 0.3 is 0 Å². The van der Waals surface area contributed by atoms with E-state index in [1.807, 2.05) is 24.3 Å². The predicted molar refractivity (Wildman–Crippen MR) is 123 cm³/mol. The molecule has 2 fully saturated rings. The van der Waals surface area contributed by atoms with Gasteiger partial charge < -0.3 is 20.0 Å². The highest BCUT2D eigenvalue weighted by Gasteiger charge is 2.42. The topological polar surface area (TPSA) is 82.8 Å². The molecule has 0 radical (unpaired) electrons. The molecule has 2 N–H and O–H groups in total. The Balaban J connectivity index is 0.00000240. The molecule has 156 valence electrons. The van der Waals surface area contributed by atoms with Crippen LogP contribution in [0.25, 0.3) is 11.5 Å². The zero-order chi connectivity index (χ0) is 19.6. The number of hydrogen-bond donors (Lipinski definition) is 2. The fourth-order valence-corrected chi connectivity index (χ4v) is 4.15. The number of nitrogens with zero attached hydrogens (tertiary/aromatic N) is 3. The molecule has 2 aromatic rings. The maximum absolute atomic E-state index is 11.7. The Morgan fingerprint density at radius 1 is 1.38 bits per heavy atom. The number of likely N-dealkylation sites (tertiary alicyclic amines) is 1. The van der Waals surface area contributed by atoms with Gasteiger partial charge in [0.2, 0.25) is 11.8 Å². The van der Waals surface area contributed by atoms with Crippen molar-refractivity contribution in [3.63, 3.8) is 0 Å². The van der Waals surface area contributed by atoms with Crippen LogP contribution in [-0.2, 0) is 11.3 Å². The van der Waals surface area contributed by atoms with Gasteiger partial charge in [0.15, 0.2) is 5.96 Å². The van der Waals surface area contributed by atoms with Crippen LogP contribution in [0.4, 0.5) is 0 Å². The molecule has 3 heterocycles. The van der Waals surface area contributed by atoms with Gasteiger partial charge in [-0.3, -0.25) is 9.79 Å². The van der Waals surface area contributed by atoms with E-state index >= 15 is 0 Å². The second-order valence-corrected chi connectivity index (χ2v) is 7.89. The number of guanidine groups is 1. The Kier molecular flexibility index (Phi) is 6.81. The third kappa shape index (κ3) is 4.91. The van der Waals surface area contributed by atoms with Crippen LogP contribution in [0.2, 0.25) is 0 Å². The highest BCUT2D eigenvalue weighted by atomic mass is 127. The van der Waals surface area contributed by atoms with E-state index in [-0.39, 0.29) is 35.3 Å². The van der Waals surface area contributed by atoms with Crippen molar-refractivity contribution in [1.82, 2.24) is 20.5 Å². The minimum absolute atomic E-state index is 0. The van der Waals surface area contributed by atoms with E-state index in [0.29, 0.717) is 18.9 Å². The summed E-state index contributed by atoms with van der Waals surface area (Å²) in [6.45, 7) is 5.16. The largest absolute Gasteiger partial charge is 0.444 e. The highest BCUT2D eigenvalue weighted by Crippen LogP contribution is 2.36. The van der Waals surface area contributed by atoms with Crippen molar-refractivity contribution >= 4 is 35.8 Å². The number of carbonyl (C=O) groups excluding carboxylic acids is 1. The zero-order valence-electron chi connectivity index (χ0n) is 16.9. The molecule has 4 rings (SSSR count). The van der Waals surface area contributed by atoms with Crippen molar-refractivity contribution in [2.24, 2.45) is 10.4 Å². The molecule has 1 atom stereocenters. The first kappa shape index (κ1) is 21.6. The molecule has 1 spiro atoms. The number of aromatic nitrogens is 1. The molecule has 2 saturated heterocycles. The van der Waals surface area contributed by atoms with Gasteiger partial charge in [0.1, 0.15) is 6.26 Å². The van der Waals surface area contributed by atoms with Crippen LogP contribution < -0.4 is 10.6 Å². The average molecular weight is 509 g/mol. The number of piperidine rings is 1. The van der Waals surface area contributed by atoms with Crippen molar-refractivity contribution < 1.29 is 9.21 Å². The lowest BCUT2D eigenvalue weighted by Crippen LogP contribution is -2.51. The second kappa shape index (κ2) is 9.15. The van der Waals surface area contributed by atoms with Gasteiger partial charge in [-0.25, -0.2) is 4.98 Å². The van der Waals surface area contributed by atoms with Crippen LogP contribution in [-0.4, -0.2) is 48.4 Å². The minimum atomic E-state index is 0. The molecule has 2 aliphatic heterocycles. The summed E-state index contributed by atoms with van der Waals surface area (Å²) < 4.78 is 5.64. The number of carbonyl (C=O) groups is 1. The quantitative estimate of drug-likeness (QED) is 0.378. The standard InChI is InChI=1S/C21H27N5O2.HI/c1-15-4-6-16(7-5-15)19-25-17(12-28-19)11-23-20(22-2)26-9-3-8-21(14-26)10-18(27)24-13-21;/h4-7,12H,3,8-11,13-14H2,1-2H3,(H,22,23)(H,24,27);1H. The van der Waals surface area contributed by atoms with Crippen molar-refractivity contribution in [2.75, 3.05) is 26.7 Å². The Morgan fingerprint density at radius 3 is 2.86 bits per heavy atom. The summed E-state index contributed by atoms with van der Waals surface area (Å²) in [5.41, 5.74) is 3.05. The summed E-state index contributed by atoms with van der Waals surface area (Å²) >= 11 is 0. The van der Waals surface area contributed by atoms with Crippen LogP contribution in [0.1, 0.15) is 30.5 Å². The fraction of sp³-hybridized carbons (Fsp3) is 0.476. The maximum Gasteiger partial charge on any atom is 0.226 e. The van der Waals surface area contributed by atoms with Crippen LogP contribution in [0.5, 0.6) is 0 Å². The van der Waals surface area contributed by atoms with Gasteiger partial charge in [0.05, 0.1) is 12.2 Å². The lowest BCUT2D eigenvalue weighted by Gasteiger charge is -2.40. The maximum atomic E-state index is 11.7. The Morgan fingerprint density at radius 2 is 2.17 bits per heavy atom. The molecule has 1 aromatic carbocycles. The molecule has 8 heteroatoms. The van der Waals surface area contributed by atoms with Crippen LogP contribution >= 0.6 is 24.0 Å². The number of aliphatic imine (C=N–C) groups is 1. The van der Waals surface area contributed by atoms with Gasteiger partial charge in [-0.2, -0.15) is 0 Å². The van der Waals surface area contributed by atoms with Gasteiger partial charge in [0.25, 0.3) is 0 Å². The average Bonchev–Trinajstić information content (AvgIpc) is 3.30.